The van der Waals surface area contributed by atoms with E-state index in [0.29, 0.717) is 19.1 Å². The zero-order valence-corrected chi connectivity index (χ0v) is 10.5. The van der Waals surface area contributed by atoms with E-state index in [2.05, 4.69) is 5.32 Å². The Morgan fingerprint density at radius 3 is 2.65 bits per heavy atom. The van der Waals surface area contributed by atoms with E-state index >= 15 is 0 Å². The molecule has 0 aromatic carbocycles. The largest absolute Gasteiger partial charge is 0.396 e. The van der Waals surface area contributed by atoms with Crippen LogP contribution >= 0.6 is 0 Å². The molecule has 0 aromatic rings. The molecular formula is C12H23NO4. The van der Waals surface area contributed by atoms with Crippen LogP contribution in [0.2, 0.25) is 0 Å². The first-order chi connectivity index (χ1) is 8.26. The van der Waals surface area contributed by atoms with E-state index in [-0.39, 0.29) is 25.2 Å². The standard InChI is InChI=1S/C12H23NO4/c1-16-7-6-13-12(15)9-17-11-4-2-10(8-14)3-5-11/h10-11,14H,2-9H2,1H3,(H,13,15). The number of rotatable bonds is 7. The van der Waals surface area contributed by atoms with Gasteiger partial charge in [0.25, 0.3) is 0 Å². The molecule has 1 fully saturated rings. The number of nitrogens with one attached hydrogen (secondary N) is 1. The van der Waals surface area contributed by atoms with Crippen molar-refractivity contribution in [2.24, 2.45) is 5.92 Å². The van der Waals surface area contributed by atoms with Gasteiger partial charge in [0.15, 0.2) is 0 Å². The van der Waals surface area contributed by atoms with Crippen LogP contribution in [0.5, 0.6) is 0 Å². The van der Waals surface area contributed by atoms with Crippen LogP contribution in [0.3, 0.4) is 0 Å². The SMILES string of the molecule is COCCNC(=O)COC1CCC(CO)CC1. The summed E-state index contributed by atoms with van der Waals surface area (Å²) in [4.78, 5) is 11.3. The Morgan fingerprint density at radius 2 is 2.06 bits per heavy atom. The molecule has 0 aliphatic heterocycles. The molecule has 0 saturated heterocycles. The van der Waals surface area contributed by atoms with Crippen LogP contribution in [-0.4, -0.2) is 50.6 Å². The average molecular weight is 245 g/mol. The Labute approximate surface area is 102 Å². The second kappa shape index (κ2) is 8.44. The zero-order valence-electron chi connectivity index (χ0n) is 10.5. The van der Waals surface area contributed by atoms with Gasteiger partial charge in [-0.3, -0.25) is 4.79 Å². The van der Waals surface area contributed by atoms with Crippen LogP contribution in [0.25, 0.3) is 0 Å². The van der Waals surface area contributed by atoms with Crippen LogP contribution in [0.15, 0.2) is 0 Å². The fourth-order valence-electron chi connectivity index (χ4n) is 2.02. The lowest BCUT2D eigenvalue weighted by Gasteiger charge is -2.27. The Balaban J connectivity index is 2.04. The molecule has 17 heavy (non-hydrogen) atoms. The Morgan fingerprint density at radius 1 is 1.35 bits per heavy atom. The maximum atomic E-state index is 11.3. The molecular weight excluding hydrogens is 222 g/mol. The summed E-state index contributed by atoms with van der Waals surface area (Å²) in [5.74, 6) is 0.330. The van der Waals surface area contributed by atoms with Crippen LogP contribution in [-0.2, 0) is 14.3 Å². The smallest absolute Gasteiger partial charge is 0.246 e. The lowest BCUT2D eigenvalue weighted by atomic mass is 9.88. The van der Waals surface area contributed by atoms with Crippen LogP contribution in [0, 0.1) is 5.92 Å². The van der Waals surface area contributed by atoms with Crippen molar-refractivity contribution in [3.8, 4) is 0 Å². The summed E-state index contributed by atoms with van der Waals surface area (Å²) in [6.45, 7) is 1.44. The number of hydrogen-bond acceptors (Lipinski definition) is 4. The van der Waals surface area contributed by atoms with Crippen molar-refractivity contribution < 1.29 is 19.4 Å². The summed E-state index contributed by atoms with van der Waals surface area (Å²) >= 11 is 0. The number of carbonyl (C=O) groups is 1. The van der Waals surface area contributed by atoms with E-state index < -0.39 is 0 Å². The summed E-state index contributed by atoms with van der Waals surface area (Å²) < 4.78 is 10.4. The van der Waals surface area contributed by atoms with Crippen LogP contribution in [0.1, 0.15) is 25.7 Å². The van der Waals surface area contributed by atoms with Gasteiger partial charge in [-0.25, -0.2) is 0 Å². The number of ether oxygens (including phenoxy) is 2. The van der Waals surface area contributed by atoms with Gasteiger partial charge >= 0.3 is 0 Å². The van der Waals surface area contributed by atoms with Gasteiger partial charge in [-0.2, -0.15) is 0 Å². The third kappa shape index (κ3) is 6.00. The molecule has 100 valence electrons. The summed E-state index contributed by atoms with van der Waals surface area (Å²) in [5.41, 5.74) is 0. The fraction of sp³-hybridized carbons (Fsp3) is 0.917. The van der Waals surface area contributed by atoms with E-state index in [0.717, 1.165) is 25.7 Å². The predicted octanol–water partition coefficient (Wildman–Crippen LogP) is 0.317. The summed E-state index contributed by atoms with van der Waals surface area (Å²) in [5, 5.41) is 11.7. The molecule has 0 radical (unpaired) electrons. The molecule has 0 unspecified atom stereocenters. The van der Waals surface area contributed by atoms with E-state index in [1.54, 1.807) is 7.11 Å². The average Bonchev–Trinajstić information content (AvgIpc) is 2.37. The first-order valence-corrected chi connectivity index (χ1v) is 6.24. The summed E-state index contributed by atoms with van der Waals surface area (Å²) in [6.07, 6.45) is 4.04. The minimum absolute atomic E-state index is 0.0914. The lowest BCUT2D eigenvalue weighted by molar-refractivity contribution is -0.128. The molecule has 5 heteroatoms. The number of aliphatic hydroxyl groups is 1. The molecule has 0 heterocycles. The van der Waals surface area contributed by atoms with Crippen molar-refractivity contribution in [3.05, 3.63) is 0 Å². The number of aliphatic hydroxyl groups excluding tert-OH is 1. The van der Waals surface area contributed by atoms with Crippen LogP contribution in [0.4, 0.5) is 0 Å². The number of carbonyl (C=O) groups excluding carboxylic acids is 1. The second-order valence-electron chi connectivity index (χ2n) is 4.48. The molecule has 1 rings (SSSR count). The predicted molar refractivity (Wildman–Crippen MR) is 63.7 cm³/mol. The molecule has 1 saturated carbocycles. The highest BCUT2D eigenvalue weighted by molar-refractivity contribution is 5.77. The molecule has 0 atom stereocenters. The van der Waals surface area contributed by atoms with E-state index in [4.69, 9.17) is 14.6 Å². The van der Waals surface area contributed by atoms with E-state index in [9.17, 15) is 4.79 Å². The first-order valence-electron chi connectivity index (χ1n) is 6.24. The maximum absolute atomic E-state index is 11.3. The van der Waals surface area contributed by atoms with Gasteiger partial charge in [0.05, 0.1) is 12.7 Å². The Kier molecular flexibility index (Phi) is 7.16. The molecule has 0 spiro atoms. The van der Waals surface area contributed by atoms with Crippen molar-refractivity contribution in [2.45, 2.75) is 31.8 Å². The molecule has 0 aromatic heterocycles. The fourth-order valence-corrected chi connectivity index (χ4v) is 2.02. The molecule has 0 bridgehead atoms. The number of hydrogen-bond donors (Lipinski definition) is 2. The van der Waals surface area contributed by atoms with Gasteiger partial charge in [-0.1, -0.05) is 0 Å². The van der Waals surface area contributed by atoms with Crippen molar-refractivity contribution >= 4 is 5.91 Å². The van der Waals surface area contributed by atoms with Gasteiger partial charge in [-0.05, 0) is 31.6 Å². The first kappa shape index (κ1) is 14.4. The highest BCUT2D eigenvalue weighted by Gasteiger charge is 2.21. The molecule has 1 amide bonds. The van der Waals surface area contributed by atoms with E-state index in [1.807, 2.05) is 0 Å². The van der Waals surface area contributed by atoms with E-state index in [1.165, 1.54) is 0 Å². The van der Waals surface area contributed by atoms with Crippen molar-refractivity contribution in [2.75, 3.05) is 33.5 Å². The number of amides is 1. The highest BCUT2D eigenvalue weighted by atomic mass is 16.5. The Bertz CT molecular complexity index is 215. The van der Waals surface area contributed by atoms with Crippen molar-refractivity contribution in [1.82, 2.24) is 5.32 Å². The normalized spacial score (nSPS) is 24.6. The minimum atomic E-state index is -0.0914. The summed E-state index contributed by atoms with van der Waals surface area (Å²) in [6, 6.07) is 0. The van der Waals surface area contributed by atoms with Crippen molar-refractivity contribution in [1.29, 1.82) is 0 Å². The van der Waals surface area contributed by atoms with Gasteiger partial charge in [0, 0.05) is 20.3 Å². The number of methoxy groups -OCH3 is 1. The second-order valence-corrected chi connectivity index (χ2v) is 4.48. The molecule has 2 N–H and O–H groups in total. The quantitative estimate of drug-likeness (QED) is 0.634. The van der Waals surface area contributed by atoms with Gasteiger partial charge < -0.3 is 19.9 Å². The molecule has 5 nitrogen and oxygen atoms in total. The summed E-state index contributed by atoms with van der Waals surface area (Å²) in [7, 11) is 1.60. The third-order valence-electron chi connectivity index (χ3n) is 3.13. The lowest BCUT2D eigenvalue weighted by Crippen LogP contribution is -2.33. The van der Waals surface area contributed by atoms with Gasteiger partial charge in [-0.15, -0.1) is 0 Å². The molecule has 1 aliphatic carbocycles. The zero-order chi connectivity index (χ0) is 12.5. The van der Waals surface area contributed by atoms with Gasteiger partial charge in [0.1, 0.15) is 6.61 Å². The Hall–Kier alpha value is -0.650. The van der Waals surface area contributed by atoms with Crippen molar-refractivity contribution in [3.63, 3.8) is 0 Å². The van der Waals surface area contributed by atoms with Gasteiger partial charge in [0.2, 0.25) is 5.91 Å². The highest BCUT2D eigenvalue weighted by Crippen LogP contribution is 2.25. The molecule has 1 aliphatic rings. The maximum Gasteiger partial charge on any atom is 0.246 e. The van der Waals surface area contributed by atoms with Crippen LogP contribution < -0.4 is 5.32 Å². The monoisotopic (exact) mass is 245 g/mol. The topological polar surface area (TPSA) is 67.8 Å². The minimum Gasteiger partial charge on any atom is -0.396 e. The third-order valence-corrected chi connectivity index (χ3v) is 3.13.